The molecule has 1 aromatic carbocycles. The van der Waals surface area contributed by atoms with Gasteiger partial charge in [0, 0.05) is 5.02 Å². The molecule has 1 atom stereocenters. The average molecular weight is 199 g/mol. The van der Waals surface area contributed by atoms with Crippen LogP contribution in [-0.4, -0.2) is 5.11 Å². The zero-order valence-electron chi connectivity index (χ0n) is 8.26. The fourth-order valence-corrected chi connectivity index (χ4v) is 1.65. The van der Waals surface area contributed by atoms with Crippen LogP contribution in [0.15, 0.2) is 18.2 Å². The van der Waals surface area contributed by atoms with Gasteiger partial charge in [0.2, 0.25) is 0 Å². The Morgan fingerprint density at radius 1 is 1.46 bits per heavy atom. The Bertz CT molecular complexity index is 305. The predicted molar refractivity (Wildman–Crippen MR) is 56.1 cm³/mol. The van der Waals surface area contributed by atoms with E-state index in [-0.39, 0.29) is 0 Å². The Balaban J connectivity index is 3.16. The Morgan fingerprint density at radius 2 is 2.08 bits per heavy atom. The second kappa shape index (κ2) is 3.69. The van der Waals surface area contributed by atoms with Gasteiger partial charge in [-0.15, -0.1) is 0 Å². The summed E-state index contributed by atoms with van der Waals surface area (Å²) in [5.41, 5.74) is 1.26. The van der Waals surface area contributed by atoms with Gasteiger partial charge in [-0.3, -0.25) is 0 Å². The number of aliphatic hydroxyl groups is 1. The molecule has 0 spiro atoms. The lowest BCUT2D eigenvalue weighted by Gasteiger charge is -2.23. The molecule has 0 saturated carbocycles. The molecule has 0 bridgehead atoms. The van der Waals surface area contributed by atoms with Crippen LogP contribution in [0.2, 0.25) is 5.02 Å². The monoisotopic (exact) mass is 198 g/mol. The van der Waals surface area contributed by atoms with Crippen LogP contribution >= 0.6 is 11.6 Å². The Morgan fingerprint density at radius 3 is 2.54 bits per heavy atom. The molecule has 0 unspecified atom stereocenters. The number of hydrogen-bond acceptors (Lipinski definition) is 1. The third-order valence-corrected chi connectivity index (χ3v) is 2.69. The topological polar surface area (TPSA) is 20.2 Å². The predicted octanol–water partition coefficient (Wildman–Crippen LogP) is 3.27. The molecule has 0 aliphatic rings. The van der Waals surface area contributed by atoms with Crippen LogP contribution < -0.4 is 0 Å². The van der Waals surface area contributed by atoms with Gasteiger partial charge in [0.15, 0.2) is 0 Å². The molecule has 1 nitrogen and oxygen atoms in total. The Kier molecular flexibility index (Phi) is 2.99. The summed E-state index contributed by atoms with van der Waals surface area (Å²) in [6.07, 6.45) is 0.704. The molecule has 0 fully saturated rings. The van der Waals surface area contributed by atoms with Crippen LogP contribution in [0.5, 0.6) is 0 Å². The lowest BCUT2D eigenvalue weighted by Crippen LogP contribution is -2.20. The molecule has 0 amide bonds. The smallest absolute Gasteiger partial charge is 0.0868 e. The van der Waals surface area contributed by atoms with E-state index in [0.29, 0.717) is 11.4 Å². The van der Waals surface area contributed by atoms with Crippen molar-refractivity contribution in [1.29, 1.82) is 0 Å². The highest BCUT2D eigenvalue weighted by Crippen LogP contribution is 2.28. The standard InChI is InChI=1S/C11H15ClO/c1-4-11(3,13)10-6-5-9(12)7-8(10)2/h5-7,13H,4H2,1-3H3/t11-/m0/s1. The van der Waals surface area contributed by atoms with E-state index >= 15 is 0 Å². The SMILES string of the molecule is CC[C@](C)(O)c1ccc(Cl)cc1C. The van der Waals surface area contributed by atoms with Crippen molar-refractivity contribution < 1.29 is 5.11 Å². The van der Waals surface area contributed by atoms with Crippen LogP contribution in [0.3, 0.4) is 0 Å². The number of benzene rings is 1. The van der Waals surface area contributed by atoms with E-state index in [9.17, 15) is 5.11 Å². The highest BCUT2D eigenvalue weighted by Gasteiger charge is 2.21. The van der Waals surface area contributed by atoms with Crippen LogP contribution in [-0.2, 0) is 5.60 Å². The van der Waals surface area contributed by atoms with Crippen molar-refractivity contribution in [2.45, 2.75) is 32.8 Å². The first-order chi connectivity index (χ1) is 5.97. The summed E-state index contributed by atoms with van der Waals surface area (Å²) in [6.45, 7) is 5.75. The van der Waals surface area contributed by atoms with Gasteiger partial charge in [-0.1, -0.05) is 24.6 Å². The van der Waals surface area contributed by atoms with Gasteiger partial charge in [-0.2, -0.15) is 0 Å². The molecular formula is C11H15ClO. The molecule has 0 heterocycles. The van der Waals surface area contributed by atoms with E-state index in [4.69, 9.17) is 11.6 Å². The molecule has 0 radical (unpaired) electrons. The molecule has 0 aliphatic carbocycles. The molecule has 1 aromatic rings. The van der Waals surface area contributed by atoms with Crippen LogP contribution in [0, 0.1) is 6.92 Å². The van der Waals surface area contributed by atoms with Crippen molar-refractivity contribution in [2.24, 2.45) is 0 Å². The number of hydrogen-bond donors (Lipinski definition) is 1. The number of halogens is 1. The number of aryl methyl sites for hydroxylation is 1. The molecular weight excluding hydrogens is 184 g/mol. The van der Waals surface area contributed by atoms with E-state index in [2.05, 4.69) is 0 Å². The molecule has 2 heteroatoms. The quantitative estimate of drug-likeness (QED) is 0.774. The first-order valence-electron chi connectivity index (χ1n) is 4.46. The third-order valence-electron chi connectivity index (χ3n) is 2.46. The summed E-state index contributed by atoms with van der Waals surface area (Å²) in [5.74, 6) is 0. The van der Waals surface area contributed by atoms with E-state index in [1.54, 1.807) is 0 Å². The summed E-state index contributed by atoms with van der Waals surface area (Å²) in [5, 5.41) is 10.7. The lowest BCUT2D eigenvalue weighted by molar-refractivity contribution is 0.0524. The molecule has 72 valence electrons. The Labute approximate surface area is 84.4 Å². The van der Waals surface area contributed by atoms with Gasteiger partial charge in [-0.25, -0.2) is 0 Å². The van der Waals surface area contributed by atoms with Crippen LogP contribution in [0.25, 0.3) is 0 Å². The molecule has 0 saturated heterocycles. The summed E-state index contributed by atoms with van der Waals surface area (Å²) >= 11 is 5.83. The van der Waals surface area contributed by atoms with Crippen LogP contribution in [0.4, 0.5) is 0 Å². The normalized spacial score (nSPS) is 15.5. The number of rotatable bonds is 2. The van der Waals surface area contributed by atoms with E-state index in [0.717, 1.165) is 11.1 Å². The first-order valence-corrected chi connectivity index (χ1v) is 4.84. The minimum atomic E-state index is -0.741. The van der Waals surface area contributed by atoms with Gasteiger partial charge in [0.05, 0.1) is 5.60 Å². The second-order valence-electron chi connectivity index (χ2n) is 3.59. The highest BCUT2D eigenvalue weighted by molar-refractivity contribution is 6.30. The van der Waals surface area contributed by atoms with Crippen LogP contribution in [0.1, 0.15) is 31.4 Å². The Hall–Kier alpha value is -0.530. The van der Waals surface area contributed by atoms with Gasteiger partial charge in [0.25, 0.3) is 0 Å². The maximum Gasteiger partial charge on any atom is 0.0868 e. The van der Waals surface area contributed by atoms with E-state index in [1.165, 1.54) is 0 Å². The largest absolute Gasteiger partial charge is 0.385 e. The minimum absolute atomic E-state index is 0.704. The van der Waals surface area contributed by atoms with Gasteiger partial charge in [0.1, 0.15) is 0 Å². The minimum Gasteiger partial charge on any atom is -0.385 e. The van der Waals surface area contributed by atoms with E-state index in [1.807, 2.05) is 39.0 Å². The summed E-state index contributed by atoms with van der Waals surface area (Å²) in [6, 6.07) is 5.58. The van der Waals surface area contributed by atoms with Crippen molar-refractivity contribution in [3.63, 3.8) is 0 Å². The fraction of sp³-hybridized carbons (Fsp3) is 0.455. The zero-order chi connectivity index (χ0) is 10.1. The lowest BCUT2D eigenvalue weighted by atomic mass is 9.90. The fourth-order valence-electron chi connectivity index (χ4n) is 1.42. The maximum absolute atomic E-state index is 10.0. The van der Waals surface area contributed by atoms with Crippen molar-refractivity contribution in [3.8, 4) is 0 Å². The zero-order valence-corrected chi connectivity index (χ0v) is 9.02. The van der Waals surface area contributed by atoms with Gasteiger partial charge < -0.3 is 5.11 Å². The maximum atomic E-state index is 10.0. The van der Waals surface area contributed by atoms with E-state index < -0.39 is 5.60 Å². The third kappa shape index (κ3) is 2.23. The molecule has 0 aromatic heterocycles. The van der Waals surface area contributed by atoms with Gasteiger partial charge >= 0.3 is 0 Å². The molecule has 1 N–H and O–H groups in total. The van der Waals surface area contributed by atoms with Gasteiger partial charge in [-0.05, 0) is 43.5 Å². The molecule has 13 heavy (non-hydrogen) atoms. The summed E-state index contributed by atoms with van der Waals surface area (Å²) < 4.78 is 0. The van der Waals surface area contributed by atoms with Crippen molar-refractivity contribution in [1.82, 2.24) is 0 Å². The average Bonchev–Trinajstić information content (AvgIpc) is 2.03. The van der Waals surface area contributed by atoms with Crippen molar-refractivity contribution in [2.75, 3.05) is 0 Å². The first kappa shape index (κ1) is 10.6. The molecule has 0 aliphatic heterocycles. The highest BCUT2D eigenvalue weighted by atomic mass is 35.5. The molecule has 1 rings (SSSR count). The van der Waals surface area contributed by atoms with Crippen molar-refractivity contribution >= 4 is 11.6 Å². The second-order valence-corrected chi connectivity index (χ2v) is 4.02. The summed E-state index contributed by atoms with van der Waals surface area (Å²) in [4.78, 5) is 0. The summed E-state index contributed by atoms with van der Waals surface area (Å²) in [7, 11) is 0. The van der Waals surface area contributed by atoms with Crippen molar-refractivity contribution in [3.05, 3.63) is 34.3 Å².